The summed E-state index contributed by atoms with van der Waals surface area (Å²) in [4.78, 5) is 16.9. The van der Waals surface area contributed by atoms with E-state index in [1.165, 1.54) is 0 Å². The van der Waals surface area contributed by atoms with Crippen molar-refractivity contribution in [1.82, 2.24) is 9.80 Å². The first-order valence-corrected chi connectivity index (χ1v) is 9.04. The van der Waals surface area contributed by atoms with Crippen molar-refractivity contribution in [2.45, 2.75) is 19.1 Å². The molecule has 2 aliphatic rings. The maximum absolute atomic E-state index is 12.9. The number of carbonyl (C=O) groups excluding carboxylic acids is 1. The van der Waals surface area contributed by atoms with Crippen molar-refractivity contribution in [2.75, 3.05) is 53.6 Å². The minimum Gasteiger partial charge on any atom is -0.491 e. The molecule has 0 atom stereocenters. The second-order valence-corrected chi connectivity index (χ2v) is 6.89. The number of nitrogens with zero attached hydrogens (tertiary/aromatic N) is 2. The van der Waals surface area contributed by atoms with Crippen LogP contribution in [0.5, 0.6) is 5.75 Å². The molecule has 2 saturated heterocycles. The SMILES string of the molecule is CN(C)CCOc1ccccc1C(=O)N1CCC(C2OCCO2)CC1. The van der Waals surface area contributed by atoms with Gasteiger partial charge in [0, 0.05) is 25.6 Å². The summed E-state index contributed by atoms with van der Waals surface area (Å²) in [5.74, 6) is 1.10. The second kappa shape index (κ2) is 8.65. The molecular weight excluding hydrogens is 320 g/mol. The third-order valence-corrected chi connectivity index (χ3v) is 4.77. The molecule has 2 fully saturated rings. The molecule has 0 aromatic heterocycles. The van der Waals surface area contributed by atoms with Gasteiger partial charge in [-0.3, -0.25) is 4.79 Å². The largest absolute Gasteiger partial charge is 0.491 e. The van der Waals surface area contributed by atoms with Crippen LogP contribution in [-0.2, 0) is 9.47 Å². The summed E-state index contributed by atoms with van der Waals surface area (Å²) in [7, 11) is 4.00. The van der Waals surface area contributed by atoms with Crippen molar-refractivity contribution in [3.05, 3.63) is 29.8 Å². The highest BCUT2D eigenvalue weighted by atomic mass is 16.7. The highest BCUT2D eigenvalue weighted by Gasteiger charge is 2.32. The Morgan fingerprint density at radius 1 is 1.20 bits per heavy atom. The molecule has 0 spiro atoms. The summed E-state index contributed by atoms with van der Waals surface area (Å²) in [5, 5.41) is 0. The molecule has 138 valence electrons. The molecule has 0 N–H and O–H groups in total. The van der Waals surface area contributed by atoms with E-state index in [4.69, 9.17) is 14.2 Å². The van der Waals surface area contributed by atoms with Crippen LogP contribution in [0.1, 0.15) is 23.2 Å². The number of likely N-dealkylation sites (N-methyl/N-ethyl adjacent to an activating group) is 1. The molecule has 0 radical (unpaired) electrons. The molecule has 0 aliphatic carbocycles. The Labute approximate surface area is 149 Å². The summed E-state index contributed by atoms with van der Waals surface area (Å²) >= 11 is 0. The van der Waals surface area contributed by atoms with E-state index in [1.54, 1.807) is 0 Å². The van der Waals surface area contributed by atoms with Gasteiger partial charge in [0.25, 0.3) is 5.91 Å². The fourth-order valence-electron chi connectivity index (χ4n) is 3.30. The van der Waals surface area contributed by atoms with Gasteiger partial charge in [0.15, 0.2) is 6.29 Å². The van der Waals surface area contributed by atoms with E-state index in [0.29, 0.717) is 37.1 Å². The lowest BCUT2D eigenvalue weighted by Crippen LogP contribution is -2.41. The summed E-state index contributed by atoms with van der Waals surface area (Å²) in [5.41, 5.74) is 0.646. The Bertz CT molecular complexity index is 564. The summed E-state index contributed by atoms with van der Waals surface area (Å²) in [6, 6.07) is 7.51. The molecule has 0 unspecified atom stereocenters. The third-order valence-electron chi connectivity index (χ3n) is 4.77. The molecule has 0 bridgehead atoms. The zero-order valence-corrected chi connectivity index (χ0v) is 15.1. The van der Waals surface area contributed by atoms with Crippen LogP contribution < -0.4 is 4.74 Å². The smallest absolute Gasteiger partial charge is 0.257 e. The van der Waals surface area contributed by atoms with E-state index in [9.17, 15) is 4.79 Å². The van der Waals surface area contributed by atoms with Gasteiger partial charge in [0.05, 0.1) is 18.8 Å². The van der Waals surface area contributed by atoms with Gasteiger partial charge in [0.1, 0.15) is 12.4 Å². The van der Waals surface area contributed by atoms with E-state index in [-0.39, 0.29) is 12.2 Å². The number of para-hydroxylation sites is 1. The highest BCUT2D eigenvalue weighted by Crippen LogP contribution is 2.28. The van der Waals surface area contributed by atoms with Gasteiger partial charge < -0.3 is 24.0 Å². The number of benzene rings is 1. The standard InChI is InChI=1S/C19H28N2O4/c1-20(2)11-12-23-17-6-4-3-5-16(17)18(22)21-9-7-15(8-10-21)19-24-13-14-25-19/h3-6,15,19H,7-14H2,1-2H3. The van der Waals surface area contributed by atoms with E-state index in [2.05, 4.69) is 4.90 Å². The van der Waals surface area contributed by atoms with Gasteiger partial charge in [-0.25, -0.2) is 0 Å². The Balaban J connectivity index is 1.57. The van der Waals surface area contributed by atoms with Crippen LogP contribution in [0.25, 0.3) is 0 Å². The minimum atomic E-state index is -0.0843. The van der Waals surface area contributed by atoms with Gasteiger partial charge in [-0.2, -0.15) is 0 Å². The van der Waals surface area contributed by atoms with Gasteiger partial charge in [-0.05, 0) is 39.1 Å². The monoisotopic (exact) mass is 348 g/mol. The molecule has 2 aliphatic heterocycles. The first-order valence-electron chi connectivity index (χ1n) is 9.04. The molecule has 6 nitrogen and oxygen atoms in total. The average Bonchev–Trinajstić information content (AvgIpc) is 3.16. The average molecular weight is 348 g/mol. The highest BCUT2D eigenvalue weighted by molar-refractivity contribution is 5.97. The summed E-state index contributed by atoms with van der Waals surface area (Å²) in [6.45, 7) is 4.21. The Hall–Kier alpha value is -1.63. The molecule has 0 saturated carbocycles. The molecular formula is C19H28N2O4. The van der Waals surface area contributed by atoms with Gasteiger partial charge in [-0.15, -0.1) is 0 Å². The maximum Gasteiger partial charge on any atom is 0.257 e. The number of hydrogen-bond acceptors (Lipinski definition) is 5. The number of hydrogen-bond donors (Lipinski definition) is 0. The second-order valence-electron chi connectivity index (χ2n) is 6.89. The van der Waals surface area contributed by atoms with Crippen LogP contribution in [-0.4, -0.2) is 75.5 Å². The van der Waals surface area contributed by atoms with Crippen LogP contribution in [0.2, 0.25) is 0 Å². The number of ether oxygens (including phenoxy) is 3. The van der Waals surface area contributed by atoms with Crippen molar-refractivity contribution >= 4 is 5.91 Å². The number of likely N-dealkylation sites (tertiary alicyclic amines) is 1. The van der Waals surface area contributed by atoms with E-state index >= 15 is 0 Å². The number of piperidine rings is 1. The van der Waals surface area contributed by atoms with Crippen LogP contribution in [0.4, 0.5) is 0 Å². The quantitative estimate of drug-likeness (QED) is 0.785. The van der Waals surface area contributed by atoms with Crippen molar-refractivity contribution < 1.29 is 19.0 Å². The number of rotatable bonds is 6. The van der Waals surface area contributed by atoms with Gasteiger partial charge >= 0.3 is 0 Å². The topological polar surface area (TPSA) is 51.2 Å². The fourth-order valence-corrected chi connectivity index (χ4v) is 3.30. The Kier molecular flexibility index (Phi) is 6.29. The minimum absolute atomic E-state index is 0.0483. The van der Waals surface area contributed by atoms with Crippen LogP contribution in [0.3, 0.4) is 0 Å². The third kappa shape index (κ3) is 4.71. The normalized spacial score (nSPS) is 19.6. The molecule has 2 heterocycles. The molecule has 1 aromatic rings. The molecule has 25 heavy (non-hydrogen) atoms. The van der Waals surface area contributed by atoms with Crippen molar-refractivity contribution in [2.24, 2.45) is 5.92 Å². The lowest BCUT2D eigenvalue weighted by Gasteiger charge is -2.34. The molecule has 1 amide bonds. The Morgan fingerprint density at radius 2 is 1.88 bits per heavy atom. The predicted octanol–water partition coefficient (Wildman–Crippen LogP) is 1.85. The lowest BCUT2D eigenvalue weighted by molar-refractivity contribution is -0.0956. The number of carbonyl (C=O) groups is 1. The van der Waals surface area contributed by atoms with Crippen LogP contribution in [0, 0.1) is 5.92 Å². The Morgan fingerprint density at radius 3 is 2.56 bits per heavy atom. The van der Waals surface area contributed by atoms with E-state index in [0.717, 1.165) is 32.5 Å². The van der Waals surface area contributed by atoms with Crippen molar-refractivity contribution in [3.63, 3.8) is 0 Å². The zero-order chi connectivity index (χ0) is 17.6. The summed E-state index contributed by atoms with van der Waals surface area (Å²) in [6.07, 6.45) is 1.75. The summed E-state index contributed by atoms with van der Waals surface area (Å²) < 4.78 is 17.0. The van der Waals surface area contributed by atoms with E-state index < -0.39 is 0 Å². The number of amides is 1. The van der Waals surface area contributed by atoms with Gasteiger partial charge in [-0.1, -0.05) is 12.1 Å². The molecule has 3 rings (SSSR count). The van der Waals surface area contributed by atoms with Gasteiger partial charge in [0.2, 0.25) is 0 Å². The first-order chi connectivity index (χ1) is 12.1. The maximum atomic E-state index is 12.9. The van der Waals surface area contributed by atoms with Crippen molar-refractivity contribution in [3.8, 4) is 5.75 Å². The van der Waals surface area contributed by atoms with Crippen LogP contribution >= 0.6 is 0 Å². The fraction of sp³-hybridized carbons (Fsp3) is 0.632. The predicted molar refractivity (Wildman–Crippen MR) is 94.8 cm³/mol. The van der Waals surface area contributed by atoms with Crippen LogP contribution in [0.15, 0.2) is 24.3 Å². The molecule has 1 aromatic carbocycles. The van der Waals surface area contributed by atoms with E-state index in [1.807, 2.05) is 43.3 Å². The first kappa shape index (κ1) is 18.2. The van der Waals surface area contributed by atoms with Crippen molar-refractivity contribution in [1.29, 1.82) is 0 Å². The molecule has 6 heteroatoms. The zero-order valence-electron chi connectivity index (χ0n) is 15.1. The lowest BCUT2D eigenvalue weighted by atomic mass is 9.95.